The van der Waals surface area contributed by atoms with E-state index in [4.69, 9.17) is 5.73 Å². The van der Waals surface area contributed by atoms with Gasteiger partial charge in [0.15, 0.2) is 0 Å². The molecule has 6 heteroatoms. The van der Waals surface area contributed by atoms with E-state index >= 15 is 0 Å². The van der Waals surface area contributed by atoms with Gasteiger partial charge in [0, 0.05) is 18.2 Å². The van der Waals surface area contributed by atoms with Crippen LogP contribution < -0.4 is 11.1 Å². The fourth-order valence-electron chi connectivity index (χ4n) is 1.72. The van der Waals surface area contributed by atoms with Crippen LogP contribution in [-0.4, -0.2) is 16.9 Å². The second-order valence-electron chi connectivity index (χ2n) is 4.39. The van der Waals surface area contributed by atoms with E-state index in [1.54, 1.807) is 18.2 Å². The molecule has 0 fully saturated rings. The van der Waals surface area contributed by atoms with Gasteiger partial charge >= 0.3 is 0 Å². The first-order chi connectivity index (χ1) is 8.43. The van der Waals surface area contributed by atoms with E-state index in [-0.39, 0.29) is 18.2 Å². The summed E-state index contributed by atoms with van der Waals surface area (Å²) in [6, 6.07) is 5.92. The molecule has 0 spiro atoms. The van der Waals surface area contributed by atoms with Crippen molar-refractivity contribution in [2.45, 2.75) is 26.4 Å². The lowest BCUT2D eigenvalue weighted by Gasteiger charge is -2.18. The van der Waals surface area contributed by atoms with Gasteiger partial charge in [0.05, 0.1) is 11.0 Å². The lowest BCUT2D eigenvalue weighted by atomic mass is 10.0. The predicted octanol–water partition coefficient (Wildman–Crippen LogP) is 1.19. The Morgan fingerprint density at radius 2 is 2.06 bits per heavy atom. The number of hydrogen-bond donors (Lipinski definition) is 2. The lowest BCUT2D eigenvalue weighted by Crippen LogP contribution is -2.44. The van der Waals surface area contributed by atoms with Gasteiger partial charge in [0.1, 0.15) is 0 Å². The Kier molecular flexibility index (Phi) is 4.79. The lowest BCUT2D eigenvalue weighted by molar-refractivity contribution is -0.385. The van der Waals surface area contributed by atoms with Gasteiger partial charge in [-0.1, -0.05) is 32.0 Å². The maximum atomic E-state index is 11.2. The van der Waals surface area contributed by atoms with Gasteiger partial charge in [-0.25, -0.2) is 0 Å². The monoisotopic (exact) mass is 251 g/mol. The molecule has 3 N–H and O–H groups in total. The second-order valence-corrected chi connectivity index (χ2v) is 4.39. The predicted molar refractivity (Wildman–Crippen MR) is 67.8 cm³/mol. The number of nitro benzene ring substituents is 1. The zero-order valence-corrected chi connectivity index (χ0v) is 10.4. The van der Waals surface area contributed by atoms with E-state index in [2.05, 4.69) is 5.32 Å². The molecule has 0 aliphatic carbocycles. The number of para-hydroxylation sites is 1. The van der Waals surface area contributed by atoms with Crippen LogP contribution in [0.15, 0.2) is 24.3 Å². The highest BCUT2D eigenvalue weighted by molar-refractivity contribution is 5.80. The molecule has 0 bridgehead atoms. The molecule has 0 saturated carbocycles. The number of carbonyl (C=O) groups excluding carboxylic acids is 1. The van der Waals surface area contributed by atoms with Gasteiger partial charge in [-0.3, -0.25) is 14.9 Å². The average molecular weight is 251 g/mol. The van der Waals surface area contributed by atoms with E-state index in [0.717, 1.165) is 0 Å². The fraction of sp³-hybridized carbons (Fsp3) is 0.417. The van der Waals surface area contributed by atoms with Gasteiger partial charge in [0.2, 0.25) is 5.91 Å². The van der Waals surface area contributed by atoms with Gasteiger partial charge in [-0.15, -0.1) is 0 Å². The third-order valence-electron chi connectivity index (χ3n) is 2.67. The maximum Gasteiger partial charge on any atom is 0.273 e. The van der Waals surface area contributed by atoms with Crippen LogP contribution in [0.3, 0.4) is 0 Å². The number of nitrogens with one attached hydrogen (secondary N) is 1. The summed E-state index contributed by atoms with van der Waals surface area (Å²) in [6.45, 7) is 3.96. The normalized spacial score (nSPS) is 12.4. The Bertz CT molecular complexity index is 446. The van der Waals surface area contributed by atoms with Crippen molar-refractivity contribution in [3.05, 3.63) is 39.9 Å². The number of primary amides is 1. The Hall–Kier alpha value is -1.95. The fourth-order valence-corrected chi connectivity index (χ4v) is 1.72. The SMILES string of the molecule is CC(C)C(NCc1ccccc1[N+](=O)[O-])C(N)=O. The number of benzene rings is 1. The highest BCUT2D eigenvalue weighted by Gasteiger charge is 2.20. The Morgan fingerprint density at radius 3 is 2.56 bits per heavy atom. The number of amides is 1. The highest BCUT2D eigenvalue weighted by atomic mass is 16.6. The summed E-state index contributed by atoms with van der Waals surface area (Å²) in [6.07, 6.45) is 0. The number of nitro groups is 1. The molecule has 1 amide bonds. The average Bonchev–Trinajstić information content (AvgIpc) is 2.28. The third kappa shape index (κ3) is 3.53. The molecule has 18 heavy (non-hydrogen) atoms. The van der Waals surface area contributed by atoms with E-state index < -0.39 is 16.9 Å². The minimum atomic E-state index is -0.496. The molecule has 1 aromatic rings. The van der Waals surface area contributed by atoms with Crippen molar-refractivity contribution in [3.8, 4) is 0 Å². The van der Waals surface area contributed by atoms with Crippen molar-refractivity contribution in [1.82, 2.24) is 5.32 Å². The number of rotatable bonds is 6. The molecule has 0 radical (unpaired) electrons. The Morgan fingerprint density at radius 1 is 1.44 bits per heavy atom. The van der Waals surface area contributed by atoms with E-state index in [9.17, 15) is 14.9 Å². The first-order valence-corrected chi connectivity index (χ1v) is 5.68. The summed E-state index contributed by atoms with van der Waals surface area (Å²) in [5.41, 5.74) is 5.84. The molecule has 0 aliphatic heterocycles. The van der Waals surface area contributed by atoms with E-state index in [1.165, 1.54) is 6.07 Å². The van der Waals surface area contributed by atoms with Gasteiger partial charge in [-0.05, 0) is 5.92 Å². The zero-order valence-electron chi connectivity index (χ0n) is 10.4. The van der Waals surface area contributed by atoms with E-state index in [0.29, 0.717) is 5.56 Å². The molecule has 0 heterocycles. The largest absolute Gasteiger partial charge is 0.368 e. The first kappa shape index (κ1) is 14.1. The van der Waals surface area contributed by atoms with Crippen LogP contribution in [0.25, 0.3) is 0 Å². The van der Waals surface area contributed by atoms with Crippen molar-refractivity contribution >= 4 is 11.6 Å². The summed E-state index contributed by atoms with van der Waals surface area (Å²) in [5.74, 6) is -0.422. The quantitative estimate of drug-likeness (QED) is 0.586. The summed E-state index contributed by atoms with van der Waals surface area (Å²) < 4.78 is 0. The molecule has 0 aromatic heterocycles. The van der Waals surface area contributed by atoms with E-state index in [1.807, 2.05) is 13.8 Å². The smallest absolute Gasteiger partial charge is 0.273 e. The van der Waals surface area contributed by atoms with Crippen molar-refractivity contribution in [1.29, 1.82) is 0 Å². The van der Waals surface area contributed by atoms with Gasteiger partial charge < -0.3 is 11.1 Å². The van der Waals surface area contributed by atoms with Crippen molar-refractivity contribution in [2.75, 3.05) is 0 Å². The Labute approximate surface area is 105 Å². The Balaban J connectivity index is 2.79. The van der Waals surface area contributed by atoms with Crippen LogP contribution in [0.4, 0.5) is 5.69 Å². The van der Waals surface area contributed by atoms with Gasteiger partial charge in [0.25, 0.3) is 5.69 Å². The topological polar surface area (TPSA) is 98.3 Å². The van der Waals surface area contributed by atoms with Crippen LogP contribution in [0.1, 0.15) is 19.4 Å². The molecule has 98 valence electrons. The third-order valence-corrected chi connectivity index (χ3v) is 2.67. The molecule has 1 unspecified atom stereocenters. The number of hydrogen-bond acceptors (Lipinski definition) is 4. The van der Waals surface area contributed by atoms with Crippen LogP contribution in [0, 0.1) is 16.0 Å². The van der Waals surface area contributed by atoms with Crippen LogP contribution >= 0.6 is 0 Å². The minimum absolute atomic E-state index is 0.0327. The van der Waals surface area contributed by atoms with Crippen LogP contribution in [0.5, 0.6) is 0 Å². The molecule has 0 aliphatic rings. The highest BCUT2D eigenvalue weighted by Crippen LogP contribution is 2.17. The summed E-state index contributed by atoms with van der Waals surface area (Å²) >= 11 is 0. The second kappa shape index (κ2) is 6.11. The molecular formula is C12H17N3O3. The number of carbonyl (C=O) groups is 1. The molecule has 1 atom stereocenters. The maximum absolute atomic E-state index is 11.2. The molecule has 0 saturated heterocycles. The summed E-state index contributed by atoms with van der Waals surface area (Å²) in [4.78, 5) is 21.6. The van der Waals surface area contributed by atoms with Crippen LogP contribution in [-0.2, 0) is 11.3 Å². The number of nitrogens with zero attached hydrogens (tertiary/aromatic N) is 1. The number of nitrogens with two attached hydrogens (primary N) is 1. The summed E-state index contributed by atoms with van der Waals surface area (Å²) in [5, 5.41) is 13.8. The van der Waals surface area contributed by atoms with Crippen molar-refractivity contribution < 1.29 is 9.72 Å². The summed E-state index contributed by atoms with van der Waals surface area (Å²) in [7, 11) is 0. The molecule has 6 nitrogen and oxygen atoms in total. The van der Waals surface area contributed by atoms with Gasteiger partial charge in [-0.2, -0.15) is 0 Å². The van der Waals surface area contributed by atoms with Crippen LogP contribution in [0.2, 0.25) is 0 Å². The molecule has 1 aromatic carbocycles. The standard InChI is InChI=1S/C12H17N3O3/c1-8(2)11(12(13)16)14-7-9-5-3-4-6-10(9)15(17)18/h3-6,8,11,14H,7H2,1-2H3,(H2,13,16). The van der Waals surface area contributed by atoms with Crippen molar-refractivity contribution in [3.63, 3.8) is 0 Å². The molecule has 1 rings (SSSR count). The zero-order chi connectivity index (χ0) is 13.7. The minimum Gasteiger partial charge on any atom is -0.368 e. The first-order valence-electron chi connectivity index (χ1n) is 5.68. The molecular weight excluding hydrogens is 234 g/mol. The van der Waals surface area contributed by atoms with Crippen molar-refractivity contribution in [2.24, 2.45) is 11.7 Å².